The van der Waals surface area contributed by atoms with Gasteiger partial charge in [-0.3, -0.25) is 0 Å². The van der Waals surface area contributed by atoms with Crippen molar-refractivity contribution in [2.75, 3.05) is 7.11 Å². The number of unbranched alkanes of at least 4 members (excludes halogenated alkanes) is 1. The van der Waals surface area contributed by atoms with E-state index in [1.807, 2.05) is 6.92 Å². The Balaban J connectivity index is 2.70. The fourth-order valence-corrected chi connectivity index (χ4v) is 1.91. The van der Waals surface area contributed by atoms with E-state index in [2.05, 4.69) is 6.92 Å². The van der Waals surface area contributed by atoms with Crippen LogP contribution in [-0.4, -0.2) is 7.11 Å². The van der Waals surface area contributed by atoms with Crippen LogP contribution in [0.3, 0.4) is 0 Å². The van der Waals surface area contributed by atoms with Crippen molar-refractivity contribution in [3.05, 3.63) is 23.7 Å². The first-order chi connectivity index (χ1) is 6.70. The summed E-state index contributed by atoms with van der Waals surface area (Å²) in [4.78, 5) is 0. The minimum atomic E-state index is -0.0264. The van der Waals surface area contributed by atoms with E-state index in [1.54, 1.807) is 13.2 Å². The molecule has 0 saturated heterocycles. The van der Waals surface area contributed by atoms with Crippen LogP contribution in [-0.2, 0) is 4.74 Å². The van der Waals surface area contributed by atoms with Gasteiger partial charge in [0.15, 0.2) is 0 Å². The summed E-state index contributed by atoms with van der Waals surface area (Å²) < 4.78 is 18.6. The lowest BCUT2D eigenvalue weighted by molar-refractivity contribution is 0.196. The number of allylic oxidation sites excluding steroid dienone is 4. The predicted molar refractivity (Wildman–Crippen MR) is 56.5 cm³/mol. The third kappa shape index (κ3) is 2.37. The van der Waals surface area contributed by atoms with Crippen molar-refractivity contribution in [1.29, 1.82) is 0 Å². The molecule has 0 aromatic carbocycles. The first-order valence-electron chi connectivity index (χ1n) is 5.32. The molecular weight excluding hydrogens is 179 g/mol. The number of hydrogen-bond acceptors (Lipinski definition) is 1. The zero-order valence-electron chi connectivity index (χ0n) is 9.22. The van der Waals surface area contributed by atoms with Crippen LogP contribution < -0.4 is 0 Å². The maximum Gasteiger partial charge on any atom is 0.104 e. The molecule has 1 aliphatic rings. The van der Waals surface area contributed by atoms with Gasteiger partial charge in [0.05, 0.1) is 12.9 Å². The normalized spacial score (nSPS) is 26.9. The third-order valence-electron chi connectivity index (χ3n) is 2.92. The molecule has 2 heteroatoms. The van der Waals surface area contributed by atoms with Gasteiger partial charge in [-0.2, -0.15) is 0 Å². The summed E-state index contributed by atoms with van der Waals surface area (Å²) >= 11 is 0. The third-order valence-corrected chi connectivity index (χ3v) is 2.92. The lowest BCUT2D eigenvalue weighted by atomic mass is 9.83. The summed E-state index contributed by atoms with van der Waals surface area (Å²) in [5, 5.41) is 0. The number of hydrogen-bond donors (Lipinski definition) is 0. The molecule has 0 aromatic heterocycles. The second-order valence-electron chi connectivity index (χ2n) is 3.86. The van der Waals surface area contributed by atoms with Crippen LogP contribution in [0.1, 0.15) is 33.1 Å². The molecular formula is C12H19FO. The van der Waals surface area contributed by atoms with E-state index in [0.717, 1.165) is 25.0 Å². The van der Waals surface area contributed by atoms with Gasteiger partial charge in [-0.25, -0.2) is 4.39 Å². The van der Waals surface area contributed by atoms with Crippen molar-refractivity contribution in [2.45, 2.75) is 33.1 Å². The van der Waals surface area contributed by atoms with Gasteiger partial charge in [0, 0.05) is 11.8 Å². The molecule has 2 atom stereocenters. The highest BCUT2D eigenvalue weighted by Gasteiger charge is 2.27. The molecule has 0 N–H and O–H groups in total. The van der Waals surface area contributed by atoms with Gasteiger partial charge in [-0.1, -0.05) is 26.7 Å². The van der Waals surface area contributed by atoms with Crippen molar-refractivity contribution in [1.82, 2.24) is 0 Å². The van der Waals surface area contributed by atoms with E-state index < -0.39 is 0 Å². The lowest BCUT2D eigenvalue weighted by Gasteiger charge is -2.27. The largest absolute Gasteiger partial charge is 0.501 e. The Labute approximate surface area is 85.6 Å². The molecule has 0 amide bonds. The van der Waals surface area contributed by atoms with Crippen molar-refractivity contribution in [2.24, 2.45) is 11.8 Å². The molecule has 0 spiro atoms. The van der Waals surface area contributed by atoms with Gasteiger partial charge in [-0.05, 0) is 18.6 Å². The van der Waals surface area contributed by atoms with Gasteiger partial charge in [0.2, 0.25) is 0 Å². The molecule has 0 bridgehead atoms. The van der Waals surface area contributed by atoms with Crippen LogP contribution in [0.15, 0.2) is 23.7 Å². The zero-order valence-corrected chi connectivity index (χ0v) is 9.22. The van der Waals surface area contributed by atoms with Gasteiger partial charge in [0.25, 0.3) is 0 Å². The zero-order chi connectivity index (χ0) is 10.6. The van der Waals surface area contributed by atoms with Crippen LogP contribution in [0.2, 0.25) is 0 Å². The first kappa shape index (κ1) is 11.3. The number of rotatable bonds is 4. The molecule has 0 saturated carbocycles. The quantitative estimate of drug-likeness (QED) is 0.667. The average molecular weight is 198 g/mol. The Kier molecular flexibility index (Phi) is 4.18. The van der Waals surface area contributed by atoms with Gasteiger partial charge in [-0.15, -0.1) is 0 Å². The Bertz CT molecular complexity index is 243. The monoisotopic (exact) mass is 198 g/mol. The molecule has 1 aliphatic carbocycles. The smallest absolute Gasteiger partial charge is 0.104 e. The molecule has 0 aromatic rings. The van der Waals surface area contributed by atoms with E-state index >= 15 is 0 Å². The SMILES string of the molecule is CCCCC1C(OC)=CC=C(F)C1C. The standard InChI is InChI=1S/C12H19FO/c1-4-5-6-10-9(2)11(13)7-8-12(10)14-3/h7-10H,4-6H2,1-3H3. The number of methoxy groups -OCH3 is 1. The van der Waals surface area contributed by atoms with E-state index in [-0.39, 0.29) is 17.7 Å². The van der Waals surface area contributed by atoms with Gasteiger partial charge < -0.3 is 4.74 Å². The number of ether oxygens (including phenoxy) is 1. The van der Waals surface area contributed by atoms with Crippen LogP contribution in [0.25, 0.3) is 0 Å². The summed E-state index contributed by atoms with van der Waals surface area (Å²) in [7, 11) is 1.66. The fourth-order valence-electron chi connectivity index (χ4n) is 1.91. The van der Waals surface area contributed by atoms with E-state index in [1.165, 1.54) is 6.08 Å². The van der Waals surface area contributed by atoms with Crippen LogP contribution in [0.4, 0.5) is 4.39 Å². The van der Waals surface area contributed by atoms with Crippen molar-refractivity contribution >= 4 is 0 Å². The fraction of sp³-hybridized carbons (Fsp3) is 0.667. The van der Waals surface area contributed by atoms with Crippen molar-refractivity contribution in [3.8, 4) is 0 Å². The molecule has 2 unspecified atom stereocenters. The maximum atomic E-state index is 13.3. The second kappa shape index (κ2) is 5.18. The topological polar surface area (TPSA) is 9.23 Å². The first-order valence-corrected chi connectivity index (χ1v) is 5.32. The molecule has 14 heavy (non-hydrogen) atoms. The summed E-state index contributed by atoms with van der Waals surface area (Å²) in [5.41, 5.74) is 0. The molecule has 1 rings (SSSR count). The Morgan fingerprint density at radius 2 is 2.14 bits per heavy atom. The molecule has 1 nitrogen and oxygen atoms in total. The summed E-state index contributed by atoms with van der Waals surface area (Å²) in [5.74, 6) is 1.10. The Hall–Kier alpha value is -0.790. The molecule has 80 valence electrons. The predicted octanol–water partition coefficient (Wildman–Crippen LogP) is 3.83. The highest BCUT2D eigenvalue weighted by Crippen LogP contribution is 2.35. The van der Waals surface area contributed by atoms with Gasteiger partial charge in [0.1, 0.15) is 5.83 Å². The highest BCUT2D eigenvalue weighted by atomic mass is 19.1. The molecule has 0 heterocycles. The Morgan fingerprint density at radius 3 is 2.71 bits per heavy atom. The number of halogens is 1. The maximum absolute atomic E-state index is 13.3. The van der Waals surface area contributed by atoms with Gasteiger partial charge >= 0.3 is 0 Å². The summed E-state index contributed by atoms with van der Waals surface area (Å²) in [6.07, 6.45) is 6.56. The molecule has 0 radical (unpaired) electrons. The molecule has 0 aliphatic heterocycles. The van der Waals surface area contributed by atoms with Crippen LogP contribution in [0, 0.1) is 11.8 Å². The second-order valence-corrected chi connectivity index (χ2v) is 3.86. The van der Waals surface area contributed by atoms with E-state index in [4.69, 9.17) is 4.74 Å². The highest BCUT2D eigenvalue weighted by molar-refractivity contribution is 5.22. The van der Waals surface area contributed by atoms with Crippen molar-refractivity contribution < 1.29 is 9.13 Å². The van der Waals surface area contributed by atoms with Crippen LogP contribution in [0.5, 0.6) is 0 Å². The Morgan fingerprint density at radius 1 is 1.43 bits per heavy atom. The van der Waals surface area contributed by atoms with Crippen LogP contribution >= 0.6 is 0 Å². The summed E-state index contributed by atoms with van der Waals surface area (Å²) in [6.45, 7) is 4.08. The minimum absolute atomic E-state index is 0.0214. The minimum Gasteiger partial charge on any atom is -0.501 e. The molecule has 0 fully saturated rings. The average Bonchev–Trinajstić information content (AvgIpc) is 2.20. The van der Waals surface area contributed by atoms with Crippen molar-refractivity contribution in [3.63, 3.8) is 0 Å². The van der Waals surface area contributed by atoms with E-state index in [0.29, 0.717) is 0 Å². The van der Waals surface area contributed by atoms with E-state index in [9.17, 15) is 4.39 Å². The lowest BCUT2D eigenvalue weighted by Crippen LogP contribution is -2.19. The summed E-state index contributed by atoms with van der Waals surface area (Å²) in [6, 6.07) is 0.